The zero-order chi connectivity index (χ0) is 11.0. The fraction of sp³-hybridized carbons (Fsp3) is 0. The van der Waals surface area contributed by atoms with Crippen molar-refractivity contribution >= 4 is 64.8 Å². The molecule has 15 heavy (non-hydrogen) atoms. The average molecular weight is 393 g/mol. The van der Waals surface area contributed by atoms with Gasteiger partial charge in [-0.3, -0.25) is 4.79 Å². The maximum Gasteiger partial charge on any atom is 0.151 e. The highest BCUT2D eigenvalue weighted by Gasteiger charge is 2.08. The van der Waals surface area contributed by atoms with Gasteiger partial charge in [-0.1, -0.05) is 37.9 Å². The van der Waals surface area contributed by atoms with Crippen molar-refractivity contribution in [3.63, 3.8) is 0 Å². The summed E-state index contributed by atoms with van der Waals surface area (Å²) in [6.45, 7) is 0. The summed E-state index contributed by atoms with van der Waals surface area (Å²) >= 11 is 10.4. The predicted octanol–water partition coefficient (Wildman–Crippen LogP) is 4.94. The van der Waals surface area contributed by atoms with E-state index in [1.54, 1.807) is 6.07 Å². The Hall–Kier alpha value is -0.190. The van der Waals surface area contributed by atoms with E-state index in [-0.39, 0.29) is 0 Å². The first-order chi connectivity index (χ1) is 7.13. The Morgan fingerprint density at radius 1 is 1.07 bits per heavy atom. The summed E-state index contributed by atoms with van der Waals surface area (Å²) in [5.74, 6) is 0. The maximum atomic E-state index is 10.8. The lowest BCUT2D eigenvalue weighted by atomic mass is 10.1. The van der Waals surface area contributed by atoms with E-state index in [0.717, 1.165) is 30.5 Å². The average Bonchev–Trinajstić information content (AvgIpc) is 2.17. The van der Waals surface area contributed by atoms with Crippen molar-refractivity contribution in [2.24, 2.45) is 0 Å². The first kappa shape index (κ1) is 11.3. The third-order valence-corrected chi connectivity index (χ3v) is 4.07. The second-order valence-corrected chi connectivity index (χ2v) is 5.64. The van der Waals surface area contributed by atoms with Crippen LogP contribution in [0.3, 0.4) is 0 Å². The van der Waals surface area contributed by atoms with Crippen LogP contribution in [0.25, 0.3) is 10.8 Å². The van der Waals surface area contributed by atoms with Gasteiger partial charge >= 0.3 is 0 Å². The van der Waals surface area contributed by atoms with Crippen LogP contribution in [-0.2, 0) is 0 Å². The molecule has 0 bridgehead atoms. The molecule has 0 heterocycles. The minimum atomic E-state index is 0.658. The summed E-state index contributed by atoms with van der Waals surface area (Å²) in [6.07, 6.45) is 0.845. The van der Waals surface area contributed by atoms with Gasteiger partial charge in [0, 0.05) is 24.4 Å². The molecule has 2 aromatic carbocycles. The second kappa shape index (κ2) is 4.36. The Kier molecular flexibility index (Phi) is 3.28. The first-order valence-electron chi connectivity index (χ1n) is 4.16. The number of rotatable bonds is 1. The number of hydrogen-bond donors (Lipinski definition) is 0. The van der Waals surface area contributed by atoms with Gasteiger partial charge in [-0.25, -0.2) is 0 Å². The van der Waals surface area contributed by atoms with Crippen LogP contribution in [0.4, 0.5) is 0 Å². The first-order valence-corrected chi connectivity index (χ1v) is 6.54. The van der Waals surface area contributed by atoms with E-state index < -0.39 is 0 Å². The molecular weight excluding hydrogens is 388 g/mol. The zero-order valence-corrected chi connectivity index (χ0v) is 12.2. The molecule has 76 valence electrons. The number of halogens is 3. The van der Waals surface area contributed by atoms with Gasteiger partial charge in [-0.05, 0) is 39.5 Å². The second-order valence-electron chi connectivity index (χ2n) is 3.07. The minimum Gasteiger partial charge on any atom is -0.298 e. The van der Waals surface area contributed by atoms with Gasteiger partial charge in [0.05, 0.1) is 0 Å². The zero-order valence-electron chi connectivity index (χ0n) is 7.43. The summed E-state index contributed by atoms with van der Waals surface area (Å²) in [5.41, 5.74) is 0.658. The van der Waals surface area contributed by atoms with E-state index in [1.807, 2.05) is 18.2 Å². The number of benzene rings is 2. The van der Waals surface area contributed by atoms with Gasteiger partial charge in [0.2, 0.25) is 0 Å². The van der Waals surface area contributed by atoms with Crippen LogP contribution in [0.2, 0.25) is 0 Å². The van der Waals surface area contributed by atoms with Crippen molar-refractivity contribution in [3.8, 4) is 0 Å². The molecular formula is C11H5Br3O. The van der Waals surface area contributed by atoms with Crippen molar-refractivity contribution in [2.45, 2.75) is 0 Å². The minimum absolute atomic E-state index is 0.658. The molecule has 0 unspecified atom stereocenters. The monoisotopic (exact) mass is 390 g/mol. The standard InChI is InChI=1S/C11H5Br3O/c12-8-3-6-1-2-7(5-15)11(14)10(6)9(13)4-8/h1-5H. The molecule has 4 heteroatoms. The van der Waals surface area contributed by atoms with Gasteiger partial charge in [-0.2, -0.15) is 0 Å². The van der Waals surface area contributed by atoms with E-state index in [1.165, 1.54) is 0 Å². The Bertz CT molecular complexity index is 549. The van der Waals surface area contributed by atoms with E-state index in [2.05, 4.69) is 47.8 Å². The van der Waals surface area contributed by atoms with Gasteiger partial charge in [0.15, 0.2) is 6.29 Å². The van der Waals surface area contributed by atoms with Crippen molar-refractivity contribution in [3.05, 3.63) is 43.2 Å². The number of carbonyl (C=O) groups is 1. The number of aldehydes is 1. The van der Waals surface area contributed by atoms with Crippen LogP contribution in [-0.4, -0.2) is 6.29 Å². The van der Waals surface area contributed by atoms with Crippen LogP contribution in [0, 0.1) is 0 Å². The largest absolute Gasteiger partial charge is 0.298 e. The lowest BCUT2D eigenvalue weighted by Crippen LogP contribution is -1.85. The Labute approximate surface area is 112 Å². The fourth-order valence-corrected chi connectivity index (χ4v) is 3.84. The molecule has 0 aliphatic carbocycles. The summed E-state index contributed by atoms with van der Waals surface area (Å²) in [6, 6.07) is 7.71. The van der Waals surface area contributed by atoms with Crippen molar-refractivity contribution in [1.29, 1.82) is 0 Å². The molecule has 0 radical (unpaired) electrons. The highest BCUT2D eigenvalue weighted by molar-refractivity contribution is 9.11. The molecule has 2 rings (SSSR count). The Morgan fingerprint density at radius 3 is 2.47 bits per heavy atom. The van der Waals surface area contributed by atoms with Crippen LogP contribution in [0.1, 0.15) is 10.4 Å². The number of fused-ring (bicyclic) bond motifs is 1. The molecule has 0 spiro atoms. The summed E-state index contributed by atoms with van der Waals surface area (Å²) in [5, 5.41) is 2.09. The van der Waals surface area contributed by atoms with Gasteiger partial charge in [-0.15, -0.1) is 0 Å². The normalized spacial score (nSPS) is 10.6. The van der Waals surface area contributed by atoms with Crippen LogP contribution < -0.4 is 0 Å². The third kappa shape index (κ3) is 2.03. The number of carbonyl (C=O) groups excluding carboxylic acids is 1. The van der Waals surface area contributed by atoms with Crippen LogP contribution >= 0.6 is 47.8 Å². The molecule has 0 aliphatic heterocycles. The molecule has 0 aromatic heterocycles. The smallest absolute Gasteiger partial charge is 0.151 e. The van der Waals surface area contributed by atoms with E-state index in [0.29, 0.717) is 5.56 Å². The Balaban J connectivity index is 2.92. The van der Waals surface area contributed by atoms with Crippen molar-refractivity contribution < 1.29 is 4.79 Å². The van der Waals surface area contributed by atoms with Crippen molar-refractivity contribution in [2.75, 3.05) is 0 Å². The SMILES string of the molecule is O=Cc1ccc2cc(Br)cc(Br)c2c1Br. The molecule has 0 N–H and O–H groups in total. The Morgan fingerprint density at radius 2 is 1.80 bits per heavy atom. The highest BCUT2D eigenvalue weighted by atomic mass is 79.9. The van der Waals surface area contributed by atoms with E-state index in [4.69, 9.17) is 0 Å². The van der Waals surface area contributed by atoms with Gasteiger partial charge < -0.3 is 0 Å². The van der Waals surface area contributed by atoms with Crippen LogP contribution in [0.5, 0.6) is 0 Å². The highest BCUT2D eigenvalue weighted by Crippen LogP contribution is 2.35. The molecule has 0 amide bonds. The molecule has 0 atom stereocenters. The predicted molar refractivity (Wildman–Crippen MR) is 72.4 cm³/mol. The lowest BCUT2D eigenvalue weighted by molar-refractivity contribution is 0.112. The quantitative estimate of drug-likeness (QED) is 0.628. The number of hydrogen-bond acceptors (Lipinski definition) is 1. The molecule has 0 fully saturated rings. The molecule has 0 saturated carbocycles. The van der Waals surface area contributed by atoms with E-state index >= 15 is 0 Å². The van der Waals surface area contributed by atoms with Gasteiger partial charge in [0.1, 0.15) is 0 Å². The van der Waals surface area contributed by atoms with Crippen molar-refractivity contribution in [1.82, 2.24) is 0 Å². The molecule has 1 nitrogen and oxygen atoms in total. The molecule has 0 saturated heterocycles. The molecule has 2 aromatic rings. The van der Waals surface area contributed by atoms with E-state index in [9.17, 15) is 4.79 Å². The summed E-state index contributed by atoms with van der Waals surface area (Å²) < 4.78 is 2.80. The summed E-state index contributed by atoms with van der Waals surface area (Å²) in [4.78, 5) is 10.8. The topological polar surface area (TPSA) is 17.1 Å². The third-order valence-electron chi connectivity index (χ3n) is 2.13. The summed E-state index contributed by atoms with van der Waals surface area (Å²) in [7, 11) is 0. The lowest BCUT2D eigenvalue weighted by Gasteiger charge is -2.06. The fourth-order valence-electron chi connectivity index (χ4n) is 1.44. The molecule has 0 aliphatic rings. The van der Waals surface area contributed by atoms with Crippen LogP contribution in [0.15, 0.2) is 37.7 Å². The maximum absolute atomic E-state index is 10.8. The van der Waals surface area contributed by atoms with Gasteiger partial charge in [0.25, 0.3) is 0 Å².